The van der Waals surface area contributed by atoms with Gasteiger partial charge in [0.15, 0.2) is 0 Å². The summed E-state index contributed by atoms with van der Waals surface area (Å²) in [6.07, 6.45) is 2.45. The topological polar surface area (TPSA) is 21.3 Å². The van der Waals surface area contributed by atoms with E-state index in [1.54, 1.807) is 0 Å². The lowest BCUT2D eigenvalue weighted by atomic mass is 10.1. The minimum absolute atomic E-state index is 0.202. The van der Waals surface area contributed by atoms with Gasteiger partial charge in [0.1, 0.15) is 11.9 Å². The highest BCUT2D eigenvalue weighted by atomic mass is 16.5. The summed E-state index contributed by atoms with van der Waals surface area (Å²) < 4.78 is 5.98. The Kier molecular flexibility index (Phi) is 6.06. The summed E-state index contributed by atoms with van der Waals surface area (Å²) in [6, 6.07) is 8.66. The van der Waals surface area contributed by atoms with Crippen LogP contribution in [0.25, 0.3) is 0 Å². The lowest BCUT2D eigenvalue weighted by Crippen LogP contribution is -2.41. The van der Waals surface area contributed by atoms with Crippen LogP contribution < -0.4 is 10.1 Å². The van der Waals surface area contributed by atoms with E-state index in [1.807, 2.05) is 12.1 Å². The largest absolute Gasteiger partial charge is 0.489 e. The van der Waals surface area contributed by atoms with Crippen LogP contribution in [0.1, 0.15) is 39.2 Å². The second-order valence-electron chi connectivity index (χ2n) is 4.61. The number of aryl methyl sites for hydroxylation is 1. The maximum atomic E-state index is 5.98. The van der Waals surface area contributed by atoms with Crippen LogP contribution in [0.3, 0.4) is 0 Å². The Morgan fingerprint density at radius 2 is 2.06 bits per heavy atom. The van der Waals surface area contributed by atoms with E-state index in [1.165, 1.54) is 5.56 Å². The monoisotopic (exact) mass is 235 g/mol. The molecule has 96 valence electrons. The van der Waals surface area contributed by atoms with Crippen molar-refractivity contribution in [2.45, 2.75) is 52.7 Å². The van der Waals surface area contributed by atoms with Gasteiger partial charge in [0.05, 0.1) is 0 Å². The van der Waals surface area contributed by atoms with Crippen LogP contribution in [0, 0.1) is 6.92 Å². The molecule has 2 nitrogen and oxygen atoms in total. The molecule has 0 radical (unpaired) electrons. The first-order valence-electron chi connectivity index (χ1n) is 6.64. The quantitative estimate of drug-likeness (QED) is 0.780. The molecule has 2 unspecified atom stereocenters. The number of rotatable bonds is 7. The fourth-order valence-electron chi connectivity index (χ4n) is 1.96. The van der Waals surface area contributed by atoms with E-state index in [0.717, 1.165) is 25.1 Å². The average molecular weight is 235 g/mol. The van der Waals surface area contributed by atoms with E-state index in [9.17, 15) is 0 Å². The van der Waals surface area contributed by atoms with Crippen molar-refractivity contribution in [3.05, 3.63) is 29.8 Å². The van der Waals surface area contributed by atoms with Gasteiger partial charge in [-0.15, -0.1) is 0 Å². The zero-order valence-corrected chi connectivity index (χ0v) is 11.5. The van der Waals surface area contributed by atoms with Gasteiger partial charge >= 0.3 is 0 Å². The van der Waals surface area contributed by atoms with Crippen molar-refractivity contribution in [1.82, 2.24) is 5.32 Å². The van der Waals surface area contributed by atoms with Crippen LogP contribution in [-0.2, 0) is 0 Å². The normalized spacial score (nSPS) is 14.4. The van der Waals surface area contributed by atoms with Crippen LogP contribution in [0.4, 0.5) is 0 Å². The highest BCUT2D eigenvalue weighted by Crippen LogP contribution is 2.16. The summed E-state index contributed by atoms with van der Waals surface area (Å²) in [6.45, 7) is 9.67. The Morgan fingerprint density at radius 1 is 1.29 bits per heavy atom. The van der Waals surface area contributed by atoms with Crippen molar-refractivity contribution >= 4 is 0 Å². The molecule has 0 aliphatic carbocycles. The molecule has 2 atom stereocenters. The number of benzene rings is 1. The van der Waals surface area contributed by atoms with E-state index in [-0.39, 0.29) is 6.10 Å². The van der Waals surface area contributed by atoms with Gasteiger partial charge in [-0.25, -0.2) is 0 Å². The third kappa shape index (κ3) is 4.78. The third-order valence-corrected chi connectivity index (χ3v) is 2.97. The molecule has 1 N–H and O–H groups in total. The van der Waals surface area contributed by atoms with Gasteiger partial charge in [-0.1, -0.05) is 26.0 Å². The minimum Gasteiger partial charge on any atom is -0.489 e. The van der Waals surface area contributed by atoms with Gasteiger partial charge in [0.25, 0.3) is 0 Å². The number of nitrogens with one attached hydrogen (secondary N) is 1. The number of hydrogen-bond donors (Lipinski definition) is 1. The van der Waals surface area contributed by atoms with Crippen LogP contribution in [-0.4, -0.2) is 18.7 Å². The predicted molar refractivity (Wildman–Crippen MR) is 73.6 cm³/mol. The highest BCUT2D eigenvalue weighted by Gasteiger charge is 2.15. The Balaban J connectivity index is 2.54. The standard InChI is InChI=1S/C15H25NO/c1-5-10-16-15(6-2)13(4)17-14-9-7-8-12(3)11-14/h7-9,11,13,15-16H,5-6,10H2,1-4H3. The van der Waals surface area contributed by atoms with Crippen LogP contribution >= 0.6 is 0 Å². The first kappa shape index (κ1) is 14.0. The van der Waals surface area contributed by atoms with E-state index in [4.69, 9.17) is 4.74 Å². The smallest absolute Gasteiger partial charge is 0.120 e. The van der Waals surface area contributed by atoms with Gasteiger partial charge in [0, 0.05) is 6.04 Å². The maximum Gasteiger partial charge on any atom is 0.120 e. The van der Waals surface area contributed by atoms with Gasteiger partial charge < -0.3 is 10.1 Å². The van der Waals surface area contributed by atoms with Crippen molar-refractivity contribution in [3.63, 3.8) is 0 Å². The zero-order chi connectivity index (χ0) is 12.7. The number of ether oxygens (including phenoxy) is 1. The van der Waals surface area contributed by atoms with Gasteiger partial charge in [-0.3, -0.25) is 0 Å². The molecule has 0 fully saturated rings. The third-order valence-electron chi connectivity index (χ3n) is 2.97. The Bertz CT molecular complexity index is 324. The molecule has 1 rings (SSSR count). The molecule has 0 amide bonds. The Morgan fingerprint density at radius 3 is 2.65 bits per heavy atom. The number of hydrogen-bond acceptors (Lipinski definition) is 2. The molecule has 0 bridgehead atoms. The molecule has 1 aromatic carbocycles. The van der Waals surface area contributed by atoms with E-state index in [2.05, 4.69) is 45.1 Å². The molecule has 1 aromatic rings. The SMILES string of the molecule is CCCNC(CC)C(C)Oc1cccc(C)c1. The highest BCUT2D eigenvalue weighted by molar-refractivity contribution is 5.27. The molecule has 0 spiro atoms. The first-order chi connectivity index (χ1) is 8.17. The fourth-order valence-corrected chi connectivity index (χ4v) is 1.96. The molecule has 0 aliphatic heterocycles. The van der Waals surface area contributed by atoms with Crippen LogP contribution in [0.15, 0.2) is 24.3 Å². The van der Waals surface area contributed by atoms with Crippen LogP contribution in [0.5, 0.6) is 5.75 Å². The molecule has 0 saturated carbocycles. The van der Waals surface area contributed by atoms with Crippen LogP contribution in [0.2, 0.25) is 0 Å². The Labute approximate surface area is 105 Å². The molecular formula is C15H25NO. The second-order valence-corrected chi connectivity index (χ2v) is 4.61. The molecule has 0 aliphatic rings. The molecular weight excluding hydrogens is 210 g/mol. The zero-order valence-electron chi connectivity index (χ0n) is 11.5. The second kappa shape index (κ2) is 7.33. The summed E-state index contributed by atoms with van der Waals surface area (Å²) in [4.78, 5) is 0. The Hall–Kier alpha value is -1.02. The molecule has 17 heavy (non-hydrogen) atoms. The fraction of sp³-hybridized carbons (Fsp3) is 0.600. The summed E-state index contributed by atoms with van der Waals surface area (Å²) >= 11 is 0. The van der Waals surface area contributed by atoms with E-state index < -0.39 is 0 Å². The molecule has 0 heterocycles. The van der Waals surface area contributed by atoms with Gasteiger partial charge in [-0.05, 0) is 50.9 Å². The predicted octanol–water partition coefficient (Wildman–Crippen LogP) is 3.54. The van der Waals surface area contributed by atoms with Crippen molar-refractivity contribution in [3.8, 4) is 5.75 Å². The lowest BCUT2D eigenvalue weighted by molar-refractivity contribution is 0.167. The van der Waals surface area contributed by atoms with Gasteiger partial charge in [-0.2, -0.15) is 0 Å². The van der Waals surface area contributed by atoms with Gasteiger partial charge in [0.2, 0.25) is 0 Å². The van der Waals surface area contributed by atoms with Crippen molar-refractivity contribution in [2.75, 3.05) is 6.54 Å². The first-order valence-corrected chi connectivity index (χ1v) is 6.64. The maximum absolute atomic E-state index is 5.98. The molecule has 0 saturated heterocycles. The van der Waals surface area contributed by atoms with Crippen molar-refractivity contribution in [2.24, 2.45) is 0 Å². The lowest BCUT2D eigenvalue weighted by Gasteiger charge is -2.25. The molecule has 2 heteroatoms. The average Bonchev–Trinajstić information content (AvgIpc) is 2.30. The van der Waals surface area contributed by atoms with E-state index >= 15 is 0 Å². The summed E-state index contributed by atoms with van der Waals surface area (Å²) in [5.74, 6) is 0.967. The summed E-state index contributed by atoms with van der Waals surface area (Å²) in [5, 5.41) is 3.53. The summed E-state index contributed by atoms with van der Waals surface area (Å²) in [5.41, 5.74) is 1.24. The van der Waals surface area contributed by atoms with E-state index in [0.29, 0.717) is 6.04 Å². The van der Waals surface area contributed by atoms with Crippen molar-refractivity contribution < 1.29 is 4.74 Å². The summed E-state index contributed by atoms with van der Waals surface area (Å²) in [7, 11) is 0. The van der Waals surface area contributed by atoms with Crippen molar-refractivity contribution in [1.29, 1.82) is 0 Å². The molecule has 0 aromatic heterocycles. The minimum atomic E-state index is 0.202.